The van der Waals surface area contributed by atoms with Crippen LogP contribution in [0.25, 0.3) is 89.1 Å². The summed E-state index contributed by atoms with van der Waals surface area (Å²) in [6, 6.07) is 61.0. The van der Waals surface area contributed by atoms with E-state index >= 15 is 0 Å². The van der Waals surface area contributed by atoms with Gasteiger partial charge in [0, 0.05) is 27.6 Å². The SMILES string of the molecule is c1ccc(-c2ccc3c(c2)Oc2ccc(-c4ccc(-c5nc(-c6ccccc6)nc(-c6ccccc6)n5)c5ccccc45)c4cccc-3c24)cc1. The molecule has 0 N–H and O–H groups in total. The molecule has 0 saturated carbocycles. The molecule has 8 aromatic carbocycles. The highest BCUT2D eigenvalue weighted by atomic mass is 16.5. The molecule has 0 aliphatic carbocycles. The van der Waals surface area contributed by atoms with Crippen LogP contribution in [0.2, 0.25) is 0 Å². The first kappa shape index (κ1) is 29.0. The normalized spacial score (nSPS) is 11.7. The summed E-state index contributed by atoms with van der Waals surface area (Å²) in [4.78, 5) is 15.0. The van der Waals surface area contributed by atoms with Crippen molar-refractivity contribution in [3.63, 3.8) is 0 Å². The van der Waals surface area contributed by atoms with E-state index in [-0.39, 0.29) is 0 Å². The third-order valence-corrected chi connectivity index (χ3v) is 9.76. The number of benzene rings is 8. The fourth-order valence-electron chi connectivity index (χ4n) is 7.33. The van der Waals surface area contributed by atoms with E-state index in [1.807, 2.05) is 66.7 Å². The average molecular weight is 652 g/mol. The Morgan fingerprint density at radius 2 is 0.804 bits per heavy atom. The molecule has 0 spiro atoms. The summed E-state index contributed by atoms with van der Waals surface area (Å²) in [6.07, 6.45) is 0. The zero-order valence-electron chi connectivity index (χ0n) is 27.5. The molecule has 238 valence electrons. The molecule has 51 heavy (non-hydrogen) atoms. The minimum atomic E-state index is 0.641. The summed E-state index contributed by atoms with van der Waals surface area (Å²) in [5, 5.41) is 4.48. The van der Waals surface area contributed by atoms with Gasteiger partial charge < -0.3 is 4.74 Å². The molecule has 2 heterocycles. The molecular weight excluding hydrogens is 623 g/mol. The highest BCUT2D eigenvalue weighted by Gasteiger charge is 2.23. The topological polar surface area (TPSA) is 47.9 Å². The van der Waals surface area contributed by atoms with Crippen LogP contribution in [-0.4, -0.2) is 15.0 Å². The number of aromatic nitrogens is 3. The van der Waals surface area contributed by atoms with Gasteiger partial charge >= 0.3 is 0 Å². The van der Waals surface area contributed by atoms with Crippen molar-refractivity contribution in [1.29, 1.82) is 0 Å². The Bertz CT molecular complexity index is 2700. The van der Waals surface area contributed by atoms with E-state index in [1.54, 1.807) is 0 Å². The maximum absolute atomic E-state index is 6.64. The smallest absolute Gasteiger partial charge is 0.164 e. The monoisotopic (exact) mass is 651 g/mol. The first-order valence-electron chi connectivity index (χ1n) is 17.1. The summed E-state index contributed by atoms with van der Waals surface area (Å²) >= 11 is 0. The summed E-state index contributed by atoms with van der Waals surface area (Å²) < 4.78 is 6.64. The number of hydrogen-bond acceptors (Lipinski definition) is 4. The molecule has 0 fully saturated rings. The fourth-order valence-corrected chi connectivity index (χ4v) is 7.33. The van der Waals surface area contributed by atoms with Crippen molar-refractivity contribution < 1.29 is 4.74 Å². The lowest BCUT2D eigenvalue weighted by molar-refractivity contribution is 0.487. The Morgan fingerprint density at radius 1 is 0.294 bits per heavy atom. The lowest BCUT2D eigenvalue weighted by Gasteiger charge is -2.23. The molecule has 1 aromatic heterocycles. The third kappa shape index (κ3) is 4.96. The molecule has 0 saturated heterocycles. The molecule has 0 amide bonds. The standard InChI is InChI=1S/C47H29N3O/c1-4-13-30(14-5-1)33-23-24-38-40-22-12-21-39-37(27-28-42(44(39)40)51-43(38)29-33)36-25-26-41(35-20-11-10-19-34(35)36)47-49-45(31-15-6-2-7-16-31)48-46(50-47)32-17-8-3-9-18-32/h1-29H. The molecular formula is C47H29N3O. The van der Waals surface area contributed by atoms with Crippen LogP contribution < -0.4 is 4.74 Å². The van der Waals surface area contributed by atoms with Gasteiger partial charge in [-0.05, 0) is 68.2 Å². The van der Waals surface area contributed by atoms with Gasteiger partial charge in [0.2, 0.25) is 0 Å². The quantitative estimate of drug-likeness (QED) is 0.186. The second-order valence-corrected chi connectivity index (χ2v) is 12.8. The number of rotatable bonds is 5. The maximum atomic E-state index is 6.64. The molecule has 4 heteroatoms. The minimum Gasteiger partial charge on any atom is -0.456 e. The van der Waals surface area contributed by atoms with Crippen LogP contribution in [0.4, 0.5) is 0 Å². The van der Waals surface area contributed by atoms with Gasteiger partial charge in [0.25, 0.3) is 0 Å². The molecule has 0 unspecified atom stereocenters. The fraction of sp³-hybridized carbons (Fsp3) is 0. The van der Waals surface area contributed by atoms with Crippen LogP contribution in [0, 0.1) is 0 Å². The van der Waals surface area contributed by atoms with Gasteiger partial charge in [-0.1, -0.05) is 152 Å². The molecule has 1 aliphatic rings. The van der Waals surface area contributed by atoms with E-state index in [9.17, 15) is 0 Å². The Labute approximate surface area is 295 Å². The zero-order valence-corrected chi connectivity index (χ0v) is 27.5. The number of nitrogens with zero attached hydrogens (tertiary/aromatic N) is 3. The lowest BCUT2D eigenvalue weighted by Crippen LogP contribution is -2.01. The zero-order chi connectivity index (χ0) is 33.7. The van der Waals surface area contributed by atoms with Crippen LogP contribution >= 0.6 is 0 Å². The minimum absolute atomic E-state index is 0.641. The van der Waals surface area contributed by atoms with E-state index < -0.39 is 0 Å². The summed E-state index contributed by atoms with van der Waals surface area (Å²) in [7, 11) is 0. The van der Waals surface area contributed by atoms with Gasteiger partial charge in [0.15, 0.2) is 17.5 Å². The van der Waals surface area contributed by atoms with E-state index in [0.717, 1.165) is 72.0 Å². The Hall–Kier alpha value is -6.91. The van der Waals surface area contributed by atoms with Gasteiger partial charge in [-0.3, -0.25) is 0 Å². The summed E-state index contributed by atoms with van der Waals surface area (Å²) in [5.74, 6) is 3.68. The molecule has 9 aromatic rings. The molecule has 0 radical (unpaired) electrons. The average Bonchev–Trinajstić information content (AvgIpc) is 3.21. The van der Waals surface area contributed by atoms with Gasteiger partial charge in [-0.2, -0.15) is 0 Å². The Balaban J connectivity index is 1.13. The molecule has 0 bridgehead atoms. The first-order chi connectivity index (χ1) is 25.3. The van der Waals surface area contributed by atoms with Crippen molar-refractivity contribution >= 4 is 21.5 Å². The van der Waals surface area contributed by atoms with Crippen molar-refractivity contribution in [2.24, 2.45) is 0 Å². The first-order valence-corrected chi connectivity index (χ1v) is 17.1. The number of fused-ring (bicyclic) bond motifs is 3. The predicted molar refractivity (Wildman–Crippen MR) is 208 cm³/mol. The third-order valence-electron chi connectivity index (χ3n) is 9.76. The second-order valence-electron chi connectivity index (χ2n) is 12.8. The van der Waals surface area contributed by atoms with Crippen LogP contribution in [0.5, 0.6) is 11.5 Å². The van der Waals surface area contributed by atoms with E-state index in [1.165, 1.54) is 11.1 Å². The predicted octanol–water partition coefficient (Wildman–Crippen LogP) is 12.3. The van der Waals surface area contributed by atoms with Crippen LogP contribution in [-0.2, 0) is 0 Å². The van der Waals surface area contributed by atoms with Gasteiger partial charge in [0.1, 0.15) is 11.5 Å². The van der Waals surface area contributed by atoms with Crippen molar-refractivity contribution in [2.45, 2.75) is 0 Å². The molecule has 1 aliphatic heterocycles. The van der Waals surface area contributed by atoms with E-state index in [2.05, 4.69) is 109 Å². The van der Waals surface area contributed by atoms with Gasteiger partial charge in [-0.25, -0.2) is 15.0 Å². The number of hydrogen-bond donors (Lipinski definition) is 0. The number of ether oxygens (including phenoxy) is 1. The molecule has 4 nitrogen and oxygen atoms in total. The summed E-state index contributed by atoms with van der Waals surface area (Å²) in [5.41, 5.74) is 9.73. The molecule has 0 atom stereocenters. The lowest BCUT2D eigenvalue weighted by atomic mass is 9.87. The van der Waals surface area contributed by atoms with Crippen LogP contribution in [0.1, 0.15) is 0 Å². The highest BCUT2D eigenvalue weighted by molar-refractivity contribution is 6.14. The van der Waals surface area contributed by atoms with E-state index in [4.69, 9.17) is 19.7 Å². The van der Waals surface area contributed by atoms with Crippen molar-refractivity contribution in [2.75, 3.05) is 0 Å². The maximum Gasteiger partial charge on any atom is 0.164 e. The van der Waals surface area contributed by atoms with Gasteiger partial charge in [-0.15, -0.1) is 0 Å². The summed E-state index contributed by atoms with van der Waals surface area (Å²) in [6.45, 7) is 0. The van der Waals surface area contributed by atoms with Crippen molar-refractivity contribution in [3.8, 4) is 79.0 Å². The Morgan fingerprint density at radius 3 is 1.49 bits per heavy atom. The van der Waals surface area contributed by atoms with Crippen LogP contribution in [0.15, 0.2) is 176 Å². The largest absolute Gasteiger partial charge is 0.456 e. The van der Waals surface area contributed by atoms with Crippen molar-refractivity contribution in [1.82, 2.24) is 15.0 Å². The van der Waals surface area contributed by atoms with Gasteiger partial charge in [0.05, 0.1) is 0 Å². The van der Waals surface area contributed by atoms with Crippen LogP contribution in [0.3, 0.4) is 0 Å². The molecule has 10 rings (SSSR count). The highest BCUT2D eigenvalue weighted by Crippen LogP contribution is 2.50. The van der Waals surface area contributed by atoms with Crippen molar-refractivity contribution in [3.05, 3.63) is 176 Å². The second kappa shape index (κ2) is 11.9. The van der Waals surface area contributed by atoms with E-state index in [0.29, 0.717) is 17.5 Å². The Kier molecular flexibility index (Phi) is 6.78.